The molecule has 0 aromatic heterocycles. The summed E-state index contributed by atoms with van der Waals surface area (Å²) in [6, 6.07) is 37.5. The molecule has 4 saturated heterocycles. The molecule has 6 aromatic carbocycles. The van der Waals surface area contributed by atoms with Gasteiger partial charge >= 0.3 is 23.9 Å². The maximum Gasteiger partial charge on any atom is 0.303 e. The summed E-state index contributed by atoms with van der Waals surface area (Å²) >= 11 is 21.5. The van der Waals surface area contributed by atoms with Crippen LogP contribution in [0.5, 0.6) is 17.2 Å². The van der Waals surface area contributed by atoms with Gasteiger partial charge in [0.05, 0.1) is 55.9 Å². The number of rotatable bonds is 26. The Kier molecular flexibility index (Phi) is 40.9. The number of ether oxygens (including phenoxy) is 9. The molecular formula is C79H100Cl3IO27S3V. The van der Waals surface area contributed by atoms with Crippen molar-refractivity contribution in [1.29, 1.82) is 0 Å². The summed E-state index contributed by atoms with van der Waals surface area (Å²) in [5.74, 6) is -1.38. The topological polar surface area (TPSA) is 405 Å². The number of aliphatic hydroxyl groups excluding tert-OH is 4. The molecule has 4 fully saturated rings. The minimum atomic E-state index is -4.01. The Morgan fingerprint density at radius 1 is 0.500 bits per heavy atom. The van der Waals surface area contributed by atoms with Crippen LogP contribution >= 0.6 is 57.4 Å². The van der Waals surface area contributed by atoms with Crippen molar-refractivity contribution >= 4 is 112 Å². The Morgan fingerprint density at radius 3 is 1.13 bits per heavy atom. The average molecular weight is 1860 g/mol. The molecule has 4 aliphatic heterocycles. The first-order chi connectivity index (χ1) is 53.4. The zero-order valence-corrected chi connectivity index (χ0v) is 72.6. The molecule has 4 heterocycles. The number of carbonyl (C=O) groups is 4. The van der Waals surface area contributed by atoms with E-state index in [2.05, 4.69) is 26.8 Å². The van der Waals surface area contributed by atoms with E-state index in [1.165, 1.54) is 27.7 Å². The summed E-state index contributed by atoms with van der Waals surface area (Å²) in [5, 5.41) is 51.0. The van der Waals surface area contributed by atoms with Crippen LogP contribution in [0.25, 0.3) is 0 Å². The molecule has 27 nitrogen and oxygen atoms in total. The molecule has 0 saturated carbocycles. The van der Waals surface area contributed by atoms with Crippen molar-refractivity contribution in [3.8, 4) is 17.2 Å². The van der Waals surface area contributed by atoms with Gasteiger partial charge in [0.15, 0.2) is 12.2 Å². The molecule has 15 atom stereocenters. The molecule has 0 spiro atoms. The van der Waals surface area contributed by atoms with E-state index in [0.717, 1.165) is 50.9 Å². The van der Waals surface area contributed by atoms with Crippen LogP contribution in [0.3, 0.4) is 0 Å². The first-order valence-electron chi connectivity index (χ1n) is 36.4. The molecule has 4 aliphatic rings. The number of hydrogen-bond acceptors (Lipinski definition) is 25. The zero-order chi connectivity index (χ0) is 83.7. The third kappa shape index (κ3) is 31.2. The van der Waals surface area contributed by atoms with Crippen molar-refractivity contribution < 1.29 is 144 Å². The summed E-state index contributed by atoms with van der Waals surface area (Å²) < 4.78 is 137. The number of halogens is 4. The molecule has 114 heavy (non-hydrogen) atoms. The van der Waals surface area contributed by atoms with E-state index < -0.39 is 128 Å². The second-order valence-corrected chi connectivity index (χ2v) is 33.3. The minimum Gasteiger partial charge on any atom is -0.508 e. The van der Waals surface area contributed by atoms with E-state index in [0.29, 0.717) is 70.8 Å². The third-order valence-corrected chi connectivity index (χ3v) is 22.6. The standard InChI is InChI=1S/C28H35ClO9S.C25H29ClO6.C22H27ClO9S.C3H6O3S.CH3I.V/c1-5-25-17(2)26(36-18(3)30)28(37-19(4)31)27(38-25)21-9-12-24(29)22(16-21)15-20-7-10-23(11-8-20)35-13-6-14-39(32,33)34;1-5-22-14(2)23(30-15(3)27)25(31-16(4)28)24(32-22)18-8-11-21(26)19(13-18)12-17-6-9-20(29)10-7-17;23-17-7-4-14(22-21(27)20(26)19(25)18(12-24)32-22)11-15(17)10-13-2-5-16(6-3-13)31-8-1-9-33(28,29)30;4-7(5)3-1-2-6-7;1-2;/h7-12,16-17,25-28H,5-6,13-15H2,1-4H3,(H,32,33,34);6-11,13-14,22-25,29H,5,12H2,1-4H3;2-7,11,18-22,24-27H,1,8-10,12H2,(H,28,29,30);1-3H2;1H3;/t17-,25-,26+,27+,28-;14-,22-,23+,24+,25-;18-,19-,20+,21-,22+;;;/m111.../s1. The fourth-order valence-electron chi connectivity index (χ4n) is 13.1. The van der Waals surface area contributed by atoms with Crippen molar-refractivity contribution in [2.24, 2.45) is 11.8 Å². The van der Waals surface area contributed by atoms with E-state index in [1.54, 1.807) is 66.7 Å². The van der Waals surface area contributed by atoms with Gasteiger partial charge in [0.25, 0.3) is 30.4 Å². The number of alkyl halides is 1. The maximum absolute atomic E-state index is 12.0. The van der Waals surface area contributed by atoms with Gasteiger partial charge in [-0.1, -0.05) is 158 Å². The van der Waals surface area contributed by atoms with Gasteiger partial charge in [-0.3, -0.25) is 32.5 Å². The molecule has 629 valence electrons. The molecule has 10 rings (SSSR count). The molecule has 6 aromatic rings. The first kappa shape index (κ1) is 98.8. The normalized spacial score (nSPS) is 24.2. The number of esters is 4. The molecule has 0 unspecified atom stereocenters. The number of hydrogen-bond donors (Lipinski definition) is 7. The summed E-state index contributed by atoms with van der Waals surface area (Å²) in [6.45, 7) is 13.3. The largest absolute Gasteiger partial charge is 0.508 e. The van der Waals surface area contributed by atoms with Gasteiger partial charge in [-0.25, -0.2) is 0 Å². The van der Waals surface area contributed by atoms with Gasteiger partial charge in [-0.2, -0.15) is 25.3 Å². The van der Waals surface area contributed by atoms with Gasteiger partial charge in [-0.15, -0.1) is 0 Å². The van der Waals surface area contributed by atoms with E-state index in [1.807, 2.05) is 93.3 Å². The number of aliphatic hydroxyl groups is 4. The van der Waals surface area contributed by atoms with Crippen LogP contribution < -0.4 is 9.47 Å². The molecule has 0 aliphatic carbocycles. The van der Waals surface area contributed by atoms with E-state index in [4.69, 9.17) is 86.5 Å². The maximum atomic E-state index is 12.0. The number of phenolic OH excluding ortho intramolecular Hbond substituents is 1. The van der Waals surface area contributed by atoms with Crippen LogP contribution in [0.15, 0.2) is 127 Å². The van der Waals surface area contributed by atoms with Gasteiger partial charge in [0.2, 0.25) is 0 Å². The van der Waals surface area contributed by atoms with Crippen molar-refractivity contribution in [1.82, 2.24) is 0 Å². The SMILES string of the molecule is CC[C@H]1O[C@@H](c2ccc(Cl)c(Cc3ccc(O)cc3)c2)[C@H](OC(C)=O)[C@@H](OC(C)=O)[C@@H]1C.CC[C@H]1O[C@@H](c2ccc(Cl)c(Cc3ccc(OCCCS(=O)(=O)O)cc3)c2)[C@H](OC(C)=O)[C@@H](OC(C)=O)[C@@H]1C.CI.O=S(=O)(O)CCCOc1ccc(Cc2cc([C@@H]3O[C@H](CO)[C@@H](O)[C@H](O)[C@H]3O)ccc2Cl)cc1.O=S1(=O)CCCO1.[V]. The Labute approximate surface area is 706 Å². The smallest absolute Gasteiger partial charge is 0.303 e. The molecular weight excluding hydrogens is 1760 g/mol. The molecule has 0 amide bonds. The predicted molar refractivity (Wildman–Crippen MR) is 430 cm³/mol. The molecule has 7 N–H and O–H groups in total. The van der Waals surface area contributed by atoms with Gasteiger partial charge < -0.3 is 68.2 Å². The van der Waals surface area contributed by atoms with Crippen LogP contribution in [0.2, 0.25) is 15.1 Å². The molecule has 1 radical (unpaired) electrons. The van der Waals surface area contributed by atoms with Crippen LogP contribution in [-0.4, -0.2) is 193 Å². The summed E-state index contributed by atoms with van der Waals surface area (Å²) in [5.41, 5.74) is 7.39. The number of carbonyl (C=O) groups excluding carboxylic acids is 4. The predicted octanol–water partition coefficient (Wildman–Crippen LogP) is 11.8. The fraction of sp³-hybridized carbons (Fsp3) is 0.494. The Bertz CT molecular complexity index is 4410. The zero-order valence-electron chi connectivity index (χ0n) is 64.4. The van der Waals surface area contributed by atoms with Gasteiger partial charge in [0, 0.05) is 73.2 Å². The number of phenols is 1. The quantitative estimate of drug-likeness (QED) is 0.00504. The average Bonchev–Trinajstić information content (AvgIpc) is 0.910. The van der Waals surface area contributed by atoms with Crippen molar-refractivity contribution in [3.63, 3.8) is 0 Å². The van der Waals surface area contributed by atoms with Crippen molar-refractivity contribution in [3.05, 3.63) is 193 Å². The van der Waals surface area contributed by atoms with Crippen LogP contribution in [0.1, 0.15) is 156 Å². The van der Waals surface area contributed by atoms with Crippen LogP contribution in [0, 0.1) is 11.8 Å². The minimum absolute atomic E-state index is 0. The van der Waals surface area contributed by atoms with Gasteiger partial charge in [-0.05, 0) is 161 Å². The van der Waals surface area contributed by atoms with E-state index >= 15 is 0 Å². The third-order valence-electron chi connectivity index (χ3n) is 18.6. The van der Waals surface area contributed by atoms with E-state index in [-0.39, 0.29) is 91.7 Å². The summed E-state index contributed by atoms with van der Waals surface area (Å²) in [7, 11) is -11.1. The van der Waals surface area contributed by atoms with Crippen LogP contribution in [-0.2, 0) is 125 Å². The Balaban J connectivity index is 0.000000289. The first-order valence-corrected chi connectivity index (χ1v) is 44.5. The fourth-order valence-corrected chi connectivity index (χ4v) is 15.6. The number of aromatic hydroxyl groups is 1. The van der Waals surface area contributed by atoms with E-state index in [9.17, 15) is 70.0 Å². The molecule has 35 heteroatoms. The Hall–Kier alpha value is -5.77. The molecule has 0 bridgehead atoms. The van der Waals surface area contributed by atoms with Crippen LogP contribution in [0.4, 0.5) is 0 Å². The van der Waals surface area contributed by atoms with Crippen molar-refractivity contribution in [2.45, 2.75) is 186 Å². The second-order valence-electron chi connectivity index (χ2n) is 27.2. The monoisotopic (exact) mass is 1860 g/mol. The summed E-state index contributed by atoms with van der Waals surface area (Å²) in [4.78, 5) is 49.6. The Morgan fingerprint density at radius 2 is 0.833 bits per heavy atom. The second kappa shape index (κ2) is 47.1. The van der Waals surface area contributed by atoms with Gasteiger partial charge in [0.1, 0.15) is 72.2 Å². The van der Waals surface area contributed by atoms with Crippen molar-refractivity contribution in [2.75, 3.05) is 48.6 Å². The summed E-state index contributed by atoms with van der Waals surface area (Å²) in [6.07, 6.45) is -6.87. The number of benzene rings is 6.